The lowest BCUT2D eigenvalue weighted by Crippen LogP contribution is -2.04. The van der Waals surface area contributed by atoms with Gasteiger partial charge in [-0.2, -0.15) is 5.26 Å². The van der Waals surface area contributed by atoms with E-state index < -0.39 is 0 Å². The van der Waals surface area contributed by atoms with Crippen molar-refractivity contribution in [3.63, 3.8) is 0 Å². The highest BCUT2D eigenvalue weighted by Gasteiger charge is 2.27. The molecule has 1 heterocycles. The number of benzene rings is 2. The number of hydrogen-bond acceptors (Lipinski definition) is 5. The third-order valence-electron chi connectivity index (χ3n) is 3.76. The fourth-order valence-electron chi connectivity index (χ4n) is 2.41. The molecule has 1 aliphatic heterocycles. The molecule has 2 aromatic rings. The number of carbonyl (C=O) groups is 1. The Morgan fingerprint density at radius 3 is 2.38 bits per heavy atom. The standard InChI is InChI=1S/C20H14BrNO3S/c1-12-19(14-3-7-15(21)8-4-14)25-20(26-12)17(11-22)18(23)13-5-9-16(24-2)10-6-13/h3-10H,1-2H3/b20-17-. The maximum Gasteiger partial charge on any atom is 0.207 e. The minimum absolute atomic E-state index is 0.00775. The van der Waals surface area contributed by atoms with Gasteiger partial charge < -0.3 is 9.47 Å². The Morgan fingerprint density at radius 1 is 1.15 bits per heavy atom. The summed E-state index contributed by atoms with van der Waals surface area (Å²) in [7, 11) is 1.56. The number of nitriles is 1. The van der Waals surface area contributed by atoms with Crippen LogP contribution in [0.2, 0.25) is 0 Å². The molecule has 0 amide bonds. The highest BCUT2D eigenvalue weighted by Crippen LogP contribution is 2.44. The van der Waals surface area contributed by atoms with E-state index in [0.717, 1.165) is 14.9 Å². The van der Waals surface area contributed by atoms with Gasteiger partial charge >= 0.3 is 0 Å². The second-order valence-corrected chi connectivity index (χ2v) is 7.53. The van der Waals surface area contributed by atoms with Gasteiger partial charge in [0, 0.05) is 20.5 Å². The van der Waals surface area contributed by atoms with E-state index in [4.69, 9.17) is 9.47 Å². The molecule has 0 radical (unpaired) electrons. The van der Waals surface area contributed by atoms with Gasteiger partial charge in [-0.3, -0.25) is 4.79 Å². The molecule has 0 saturated heterocycles. The van der Waals surface area contributed by atoms with Crippen LogP contribution in [-0.4, -0.2) is 12.9 Å². The number of nitrogens with zero attached hydrogens (tertiary/aromatic N) is 1. The van der Waals surface area contributed by atoms with Crippen molar-refractivity contribution in [2.24, 2.45) is 0 Å². The lowest BCUT2D eigenvalue weighted by molar-refractivity contribution is 0.103. The summed E-state index contributed by atoms with van der Waals surface area (Å²) in [6.45, 7) is 1.90. The van der Waals surface area contributed by atoms with Gasteiger partial charge in [0.15, 0.2) is 5.09 Å². The molecule has 3 rings (SSSR count). The molecule has 0 aromatic heterocycles. The summed E-state index contributed by atoms with van der Waals surface area (Å²) in [6.07, 6.45) is 0. The van der Waals surface area contributed by atoms with Crippen molar-refractivity contribution in [1.29, 1.82) is 5.26 Å². The highest BCUT2D eigenvalue weighted by atomic mass is 79.9. The van der Waals surface area contributed by atoms with E-state index in [1.807, 2.05) is 37.3 Å². The van der Waals surface area contributed by atoms with E-state index >= 15 is 0 Å². The molecule has 4 nitrogen and oxygen atoms in total. The van der Waals surface area contributed by atoms with Crippen LogP contribution < -0.4 is 4.74 Å². The lowest BCUT2D eigenvalue weighted by Gasteiger charge is -2.07. The first-order valence-corrected chi connectivity index (χ1v) is 9.30. The Bertz CT molecular complexity index is 954. The molecular weight excluding hydrogens is 414 g/mol. The van der Waals surface area contributed by atoms with Crippen LogP contribution in [0.15, 0.2) is 68.6 Å². The van der Waals surface area contributed by atoms with Crippen molar-refractivity contribution in [1.82, 2.24) is 0 Å². The second kappa shape index (κ2) is 7.81. The normalized spacial score (nSPS) is 15.3. The van der Waals surface area contributed by atoms with E-state index in [1.54, 1.807) is 31.4 Å². The molecule has 0 saturated carbocycles. The number of ketones is 1. The number of Topliss-reactive ketones (excluding diaryl/α,β-unsaturated/α-hetero) is 1. The first kappa shape index (κ1) is 18.3. The van der Waals surface area contributed by atoms with Crippen LogP contribution in [-0.2, 0) is 4.74 Å². The molecule has 0 bridgehead atoms. The molecule has 0 atom stereocenters. The van der Waals surface area contributed by atoms with Crippen LogP contribution in [0.25, 0.3) is 5.76 Å². The van der Waals surface area contributed by atoms with Gasteiger partial charge in [0.1, 0.15) is 23.2 Å². The van der Waals surface area contributed by atoms with Gasteiger partial charge in [0.2, 0.25) is 5.78 Å². The van der Waals surface area contributed by atoms with Gasteiger partial charge in [0.25, 0.3) is 0 Å². The summed E-state index contributed by atoms with van der Waals surface area (Å²) in [5, 5.41) is 9.84. The summed E-state index contributed by atoms with van der Waals surface area (Å²) in [5.74, 6) is 0.935. The minimum Gasteiger partial charge on any atom is -0.497 e. The highest BCUT2D eigenvalue weighted by molar-refractivity contribution is 9.10. The Labute approximate surface area is 164 Å². The van der Waals surface area contributed by atoms with Crippen LogP contribution in [0.3, 0.4) is 0 Å². The second-order valence-electron chi connectivity index (χ2n) is 5.43. The number of allylic oxidation sites excluding steroid dienone is 2. The number of hydrogen-bond donors (Lipinski definition) is 0. The minimum atomic E-state index is -0.373. The van der Waals surface area contributed by atoms with Gasteiger partial charge in [0.05, 0.1) is 7.11 Å². The van der Waals surface area contributed by atoms with Crippen molar-refractivity contribution in [3.05, 3.63) is 79.7 Å². The summed E-state index contributed by atoms with van der Waals surface area (Å²) in [4.78, 5) is 13.6. The van der Waals surface area contributed by atoms with Crippen LogP contribution in [0.1, 0.15) is 22.8 Å². The van der Waals surface area contributed by atoms with E-state index in [-0.39, 0.29) is 11.4 Å². The lowest BCUT2D eigenvalue weighted by atomic mass is 10.1. The van der Waals surface area contributed by atoms with Gasteiger partial charge in [-0.05, 0) is 43.3 Å². The van der Waals surface area contributed by atoms with E-state index in [9.17, 15) is 10.1 Å². The third-order valence-corrected chi connectivity index (χ3v) is 5.26. The Kier molecular flexibility index (Phi) is 5.50. The Hall–Kier alpha value is -2.49. The number of carbonyl (C=O) groups excluding carboxylic acids is 1. The average Bonchev–Trinajstić information content (AvgIpc) is 3.04. The smallest absolute Gasteiger partial charge is 0.207 e. The SMILES string of the molecule is COc1ccc(C(=O)/C(C#N)=C2/OC(c3ccc(Br)cc3)=C(C)S2)cc1. The van der Waals surface area contributed by atoms with Crippen molar-refractivity contribution in [2.45, 2.75) is 6.92 Å². The molecule has 130 valence electrons. The molecule has 2 aromatic carbocycles. The molecular formula is C20H14BrNO3S. The monoisotopic (exact) mass is 427 g/mol. The number of halogens is 1. The summed E-state index contributed by atoms with van der Waals surface area (Å²) >= 11 is 4.70. The fraction of sp³-hybridized carbons (Fsp3) is 0.100. The molecule has 0 unspecified atom stereocenters. The topological polar surface area (TPSA) is 59.3 Å². The first-order chi connectivity index (χ1) is 12.5. The molecule has 0 aliphatic carbocycles. The summed E-state index contributed by atoms with van der Waals surface area (Å²) in [5.41, 5.74) is 1.29. The first-order valence-electron chi connectivity index (χ1n) is 7.69. The van der Waals surface area contributed by atoms with E-state index in [1.165, 1.54) is 11.8 Å². The van der Waals surface area contributed by atoms with Gasteiger partial charge in [-0.1, -0.05) is 39.8 Å². The maximum atomic E-state index is 12.7. The number of thioether (sulfide) groups is 1. The van der Waals surface area contributed by atoms with Crippen LogP contribution in [0.4, 0.5) is 0 Å². The van der Waals surface area contributed by atoms with Gasteiger partial charge in [-0.15, -0.1) is 0 Å². The van der Waals surface area contributed by atoms with Crippen molar-refractivity contribution in [2.75, 3.05) is 7.11 Å². The summed E-state index contributed by atoms with van der Waals surface area (Å²) < 4.78 is 11.9. The zero-order valence-electron chi connectivity index (χ0n) is 14.1. The van der Waals surface area contributed by atoms with Crippen molar-refractivity contribution in [3.8, 4) is 11.8 Å². The quantitative estimate of drug-likeness (QED) is 0.364. The van der Waals surface area contributed by atoms with E-state index in [2.05, 4.69) is 15.9 Å². The van der Waals surface area contributed by atoms with Crippen LogP contribution in [0, 0.1) is 11.3 Å². The van der Waals surface area contributed by atoms with Crippen molar-refractivity contribution < 1.29 is 14.3 Å². The Morgan fingerprint density at radius 2 is 1.81 bits per heavy atom. The molecule has 26 heavy (non-hydrogen) atoms. The number of ether oxygens (including phenoxy) is 2. The Balaban J connectivity index is 1.90. The molecule has 0 N–H and O–H groups in total. The van der Waals surface area contributed by atoms with Crippen LogP contribution >= 0.6 is 27.7 Å². The zero-order valence-corrected chi connectivity index (χ0v) is 16.5. The largest absolute Gasteiger partial charge is 0.497 e. The van der Waals surface area contributed by atoms with E-state index in [0.29, 0.717) is 22.2 Å². The maximum absolute atomic E-state index is 12.7. The number of rotatable bonds is 4. The fourth-order valence-corrected chi connectivity index (χ4v) is 3.57. The third kappa shape index (κ3) is 3.69. The average molecular weight is 428 g/mol. The number of methoxy groups -OCH3 is 1. The predicted octanol–water partition coefficient (Wildman–Crippen LogP) is 5.53. The zero-order chi connectivity index (χ0) is 18.7. The van der Waals surface area contributed by atoms with Gasteiger partial charge in [-0.25, -0.2) is 0 Å². The molecule has 1 aliphatic rings. The molecule has 6 heteroatoms. The van der Waals surface area contributed by atoms with Crippen LogP contribution in [0.5, 0.6) is 5.75 Å². The molecule has 0 spiro atoms. The molecule has 0 fully saturated rings. The summed E-state index contributed by atoms with van der Waals surface area (Å²) in [6, 6.07) is 16.3. The van der Waals surface area contributed by atoms with Crippen molar-refractivity contribution >= 4 is 39.2 Å². The predicted molar refractivity (Wildman–Crippen MR) is 105 cm³/mol.